The molecule has 1 aromatic heterocycles. The zero-order valence-electron chi connectivity index (χ0n) is 13.4. The number of thiazole rings is 1. The van der Waals surface area contributed by atoms with Crippen molar-refractivity contribution in [3.05, 3.63) is 52.0 Å². The van der Waals surface area contributed by atoms with Crippen molar-refractivity contribution >= 4 is 34.7 Å². The summed E-state index contributed by atoms with van der Waals surface area (Å²) in [4.78, 5) is 16.5. The first kappa shape index (κ1) is 16.9. The number of nitrogens with zero attached hydrogens (tertiary/aromatic N) is 2. The van der Waals surface area contributed by atoms with Gasteiger partial charge in [0.25, 0.3) is 0 Å². The van der Waals surface area contributed by atoms with Crippen LogP contribution >= 0.6 is 11.3 Å². The molecule has 0 spiro atoms. The van der Waals surface area contributed by atoms with Crippen LogP contribution in [0.2, 0.25) is 0 Å². The Bertz CT molecular complexity index is 721. The number of hydrogen-bond acceptors (Lipinski definition) is 6. The van der Waals surface area contributed by atoms with Gasteiger partial charge in [0.1, 0.15) is 4.88 Å². The second-order valence-corrected chi connectivity index (χ2v) is 5.82. The molecule has 0 saturated heterocycles. The van der Waals surface area contributed by atoms with E-state index in [0.29, 0.717) is 22.3 Å². The highest BCUT2D eigenvalue weighted by atomic mass is 32.1. The van der Waals surface area contributed by atoms with Gasteiger partial charge in [0.15, 0.2) is 0 Å². The molecule has 0 bridgehead atoms. The predicted molar refractivity (Wildman–Crippen MR) is 95.0 cm³/mol. The van der Waals surface area contributed by atoms with Crippen LogP contribution in [0, 0.1) is 6.92 Å². The Labute approximate surface area is 139 Å². The predicted octanol–water partition coefficient (Wildman–Crippen LogP) is 4.13. The summed E-state index contributed by atoms with van der Waals surface area (Å²) in [5.74, 6) is -0.348. The normalized spacial score (nSPS) is 11.7. The Hall–Kier alpha value is -2.47. The molecule has 0 unspecified atom stereocenters. The maximum absolute atomic E-state index is 11.7. The average Bonchev–Trinajstić information content (AvgIpc) is 2.89. The highest BCUT2D eigenvalue weighted by Gasteiger charge is 2.15. The molecular formula is C17H19N3O2S. The van der Waals surface area contributed by atoms with Crippen molar-refractivity contribution in [2.45, 2.75) is 20.8 Å². The highest BCUT2D eigenvalue weighted by Crippen LogP contribution is 2.23. The van der Waals surface area contributed by atoms with Gasteiger partial charge in [0.05, 0.1) is 18.5 Å². The molecule has 0 amide bonds. The molecule has 0 aliphatic carbocycles. The fourth-order valence-corrected chi connectivity index (χ4v) is 2.68. The van der Waals surface area contributed by atoms with Gasteiger partial charge in [0, 0.05) is 0 Å². The number of ether oxygens (including phenoxy) is 1. The minimum absolute atomic E-state index is 0.348. The van der Waals surface area contributed by atoms with Crippen molar-refractivity contribution in [2.75, 3.05) is 12.0 Å². The van der Waals surface area contributed by atoms with E-state index in [1.807, 2.05) is 43.3 Å². The molecular weight excluding hydrogens is 310 g/mol. The lowest BCUT2D eigenvalue weighted by atomic mass is 10.1. The summed E-state index contributed by atoms with van der Waals surface area (Å²) in [5.41, 5.74) is 5.61. The van der Waals surface area contributed by atoms with Crippen LogP contribution in [0.25, 0.3) is 6.08 Å². The van der Waals surface area contributed by atoms with Crippen LogP contribution in [0.1, 0.15) is 34.8 Å². The fraction of sp³-hybridized carbons (Fsp3) is 0.235. The van der Waals surface area contributed by atoms with Gasteiger partial charge in [-0.05, 0) is 31.9 Å². The Morgan fingerprint density at radius 1 is 1.39 bits per heavy atom. The SMILES string of the molecule is CCOC(=O)c1sc(N/N=C\C(C)=C\c2ccccc2)nc1C. The molecule has 1 aromatic carbocycles. The number of benzene rings is 1. The van der Waals surface area contributed by atoms with Crippen molar-refractivity contribution in [2.24, 2.45) is 5.10 Å². The summed E-state index contributed by atoms with van der Waals surface area (Å²) in [7, 11) is 0. The van der Waals surface area contributed by atoms with Crippen LogP contribution in [0.3, 0.4) is 0 Å². The molecule has 0 atom stereocenters. The lowest BCUT2D eigenvalue weighted by Gasteiger charge is -1.97. The third kappa shape index (κ3) is 5.03. The maximum atomic E-state index is 11.7. The number of aryl methyl sites for hydroxylation is 1. The van der Waals surface area contributed by atoms with Gasteiger partial charge in [-0.3, -0.25) is 5.43 Å². The van der Waals surface area contributed by atoms with E-state index in [1.54, 1.807) is 20.1 Å². The van der Waals surface area contributed by atoms with Gasteiger partial charge in [-0.25, -0.2) is 9.78 Å². The zero-order valence-corrected chi connectivity index (χ0v) is 14.2. The number of hydrazone groups is 1. The number of carbonyl (C=O) groups is 1. The molecule has 5 nitrogen and oxygen atoms in total. The third-order valence-electron chi connectivity index (χ3n) is 2.88. The van der Waals surface area contributed by atoms with Crippen molar-refractivity contribution in [3.8, 4) is 0 Å². The Morgan fingerprint density at radius 3 is 2.83 bits per heavy atom. The fourth-order valence-electron chi connectivity index (χ4n) is 1.87. The smallest absolute Gasteiger partial charge is 0.350 e. The molecule has 0 aliphatic heterocycles. The summed E-state index contributed by atoms with van der Waals surface area (Å²) < 4.78 is 4.99. The number of allylic oxidation sites excluding steroid dienone is 1. The Balaban J connectivity index is 1.99. The molecule has 1 heterocycles. The van der Waals surface area contributed by atoms with Crippen molar-refractivity contribution in [3.63, 3.8) is 0 Å². The van der Waals surface area contributed by atoms with Gasteiger partial charge in [0.2, 0.25) is 5.13 Å². The van der Waals surface area contributed by atoms with E-state index in [-0.39, 0.29) is 5.97 Å². The first-order valence-corrected chi connectivity index (χ1v) is 8.08. The van der Waals surface area contributed by atoms with E-state index < -0.39 is 0 Å². The number of esters is 1. The molecule has 0 aliphatic rings. The first-order chi connectivity index (χ1) is 11.1. The van der Waals surface area contributed by atoms with Crippen LogP contribution < -0.4 is 5.43 Å². The lowest BCUT2D eigenvalue weighted by molar-refractivity contribution is 0.0531. The van der Waals surface area contributed by atoms with Gasteiger partial charge in [-0.1, -0.05) is 47.7 Å². The van der Waals surface area contributed by atoms with Gasteiger partial charge >= 0.3 is 5.97 Å². The molecule has 0 saturated carbocycles. The zero-order chi connectivity index (χ0) is 16.7. The van der Waals surface area contributed by atoms with Crippen molar-refractivity contribution in [1.29, 1.82) is 0 Å². The lowest BCUT2D eigenvalue weighted by Crippen LogP contribution is -2.03. The molecule has 2 rings (SSSR count). The number of rotatable bonds is 6. The van der Waals surface area contributed by atoms with E-state index in [2.05, 4.69) is 15.5 Å². The average molecular weight is 329 g/mol. The maximum Gasteiger partial charge on any atom is 0.350 e. The highest BCUT2D eigenvalue weighted by molar-refractivity contribution is 7.17. The largest absolute Gasteiger partial charge is 0.462 e. The summed E-state index contributed by atoms with van der Waals surface area (Å²) in [5, 5.41) is 4.71. The van der Waals surface area contributed by atoms with Crippen molar-refractivity contribution in [1.82, 2.24) is 4.98 Å². The van der Waals surface area contributed by atoms with E-state index in [0.717, 1.165) is 11.1 Å². The molecule has 1 N–H and O–H groups in total. The second-order valence-electron chi connectivity index (χ2n) is 4.82. The molecule has 23 heavy (non-hydrogen) atoms. The summed E-state index contributed by atoms with van der Waals surface area (Å²) in [6.45, 7) is 5.87. The molecule has 120 valence electrons. The number of carbonyl (C=O) groups excluding carboxylic acids is 1. The van der Waals surface area contributed by atoms with E-state index >= 15 is 0 Å². The number of hydrogen-bond donors (Lipinski definition) is 1. The van der Waals surface area contributed by atoms with E-state index in [1.165, 1.54) is 11.3 Å². The minimum Gasteiger partial charge on any atom is -0.462 e. The van der Waals surface area contributed by atoms with Crippen LogP contribution in [0.15, 0.2) is 41.0 Å². The first-order valence-electron chi connectivity index (χ1n) is 7.27. The summed E-state index contributed by atoms with van der Waals surface area (Å²) in [6.07, 6.45) is 3.75. The quantitative estimate of drug-likeness (QED) is 0.492. The van der Waals surface area contributed by atoms with Crippen LogP contribution in [-0.2, 0) is 4.74 Å². The van der Waals surface area contributed by atoms with Gasteiger partial charge < -0.3 is 4.74 Å². The van der Waals surface area contributed by atoms with Crippen LogP contribution in [0.4, 0.5) is 5.13 Å². The van der Waals surface area contributed by atoms with E-state index in [4.69, 9.17) is 4.74 Å². The number of aromatic nitrogens is 1. The standard InChI is InChI=1S/C17H19N3O2S/c1-4-22-16(21)15-13(3)19-17(23-15)20-18-11-12(2)10-14-8-6-5-7-9-14/h5-11H,4H2,1-3H3,(H,19,20)/b12-10+,18-11-. The van der Waals surface area contributed by atoms with Crippen LogP contribution in [-0.4, -0.2) is 23.8 Å². The third-order valence-corrected chi connectivity index (χ3v) is 3.92. The molecule has 0 radical (unpaired) electrons. The van der Waals surface area contributed by atoms with Gasteiger partial charge in [-0.15, -0.1) is 0 Å². The molecule has 2 aromatic rings. The topological polar surface area (TPSA) is 63.6 Å². The monoisotopic (exact) mass is 329 g/mol. The Morgan fingerprint density at radius 2 is 2.13 bits per heavy atom. The Kier molecular flexibility index (Phi) is 6.05. The summed E-state index contributed by atoms with van der Waals surface area (Å²) >= 11 is 1.23. The van der Waals surface area contributed by atoms with Crippen molar-refractivity contribution < 1.29 is 9.53 Å². The molecule has 6 heteroatoms. The number of anilines is 1. The second kappa shape index (κ2) is 8.24. The minimum atomic E-state index is -0.348. The number of nitrogens with one attached hydrogen (secondary N) is 1. The summed E-state index contributed by atoms with van der Waals surface area (Å²) in [6, 6.07) is 10.0. The molecule has 0 fully saturated rings. The van der Waals surface area contributed by atoms with E-state index in [9.17, 15) is 4.79 Å². The van der Waals surface area contributed by atoms with Gasteiger partial charge in [-0.2, -0.15) is 5.10 Å². The van der Waals surface area contributed by atoms with Crippen LogP contribution in [0.5, 0.6) is 0 Å².